The molecule has 0 spiro atoms. The monoisotopic (exact) mass is 562 g/mol. The summed E-state index contributed by atoms with van der Waals surface area (Å²) in [5.74, 6) is -1.26. The molecule has 2 fully saturated rings. The van der Waals surface area contributed by atoms with E-state index < -0.39 is 29.3 Å². The number of rotatable bonds is 6. The van der Waals surface area contributed by atoms with Crippen LogP contribution >= 0.6 is 0 Å². The van der Waals surface area contributed by atoms with E-state index in [1.165, 1.54) is 9.80 Å². The van der Waals surface area contributed by atoms with Crippen molar-refractivity contribution in [1.29, 1.82) is 0 Å². The van der Waals surface area contributed by atoms with E-state index in [1.54, 1.807) is 20.8 Å². The number of fused-ring (bicyclic) bond motifs is 3. The van der Waals surface area contributed by atoms with E-state index in [9.17, 15) is 19.5 Å². The van der Waals surface area contributed by atoms with Crippen LogP contribution in [0.15, 0.2) is 48.5 Å². The van der Waals surface area contributed by atoms with Crippen LogP contribution in [0.3, 0.4) is 0 Å². The van der Waals surface area contributed by atoms with Gasteiger partial charge in [0, 0.05) is 19.0 Å². The maximum absolute atomic E-state index is 14.1. The molecule has 1 N–H and O–H groups in total. The summed E-state index contributed by atoms with van der Waals surface area (Å²) in [5, 5.41) is 10.7. The van der Waals surface area contributed by atoms with Crippen molar-refractivity contribution in [2.24, 2.45) is 5.41 Å². The third-order valence-electron chi connectivity index (χ3n) is 8.94. The van der Waals surface area contributed by atoms with Gasteiger partial charge in [-0.05, 0) is 74.1 Å². The molecule has 2 aromatic carbocycles. The third kappa shape index (κ3) is 5.79. The van der Waals surface area contributed by atoms with Crippen LogP contribution in [0.2, 0.25) is 0 Å². The Morgan fingerprint density at radius 3 is 2.10 bits per heavy atom. The number of carboxylic acid groups (broad SMARTS) is 1. The lowest BCUT2D eigenvalue weighted by atomic mass is 9.82. The van der Waals surface area contributed by atoms with Crippen molar-refractivity contribution in [1.82, 2.24) is 9.80 Å². The number of nitrogens with zero attached hydrogens (tertiary/aromatic N) is 2. The molecule has 1 heterocycles. The second-order valence-electron chi connectivity index (χ2n) is 13.3. The number of carbonyl (C=O) groups excluding carboxylic acids is 2. The topological polar surface area (TPSA) is 96.4 Å². The highest BCUT2D eigenvalue weighted by molar-refractivity contribution is 5.86. The number of piperidine rings is 1. The fourth-order valence-corrected chi connectivity index (χ4v) is 6.86. The lowest BCUT2D eigenvalue weighted by molar-refractivity contribution is -0.155. The first-order chi connectivity index (χ1) is 19.4. The number of benzene rings is 2. The number of hydrogen-bond donors (Lipinski definition) is 1. The van der Waals surface area contributed by atoms with E-state index in [0.29, 0.717) is 13.0 Å². The predicted octanol–water partition coefficient (Wildman–Crippen LogP) is 6.67. The Hall–Kier alpha value is -3.55. The van der Waals surface area contributed by atoms with Gasteiger partial charge in [0.15, 0.2) is 5.54 Å². The van der Waals surface area contributed by atoms with Crippen LogP contribution in [0.25, 0.3) is 11.1 Å². The molecular weight excluding hydrogens is 520 g/mol. The van der Waals surface area contributed by atoms with Gasteiger partial charge in [-0.2, -0.15) is 0 Å². The van der Waals surface area contributed by atoms with E-state index in [1.807, 2.05) is 24.3 Å². The molecule has 1 unspecified atom stereocenters. The normalized spacial score (nSPS) is 21.6. The summed E-state index contributed by atoms with van der Waals surface area (Å²) in [5.41, 5.74) is 1.90. The largest absolute Gasteiger partial charge is 0.479 e. The van der Waals surface area contributed by atoms with Crippen LogP contribution in [0.4, 0.5) is 9.59 Å². The van der Waals surface area contributed by atoms with Crippen molar-refractivity contribution in [3.8, 4) is 11.1 Å². The van der Waals surface area contributed by atoms with E-state index in [4.69, 9.17) is 9.47 Å². The maximum atomic E-state index is 14.1. The minimum atomic E-state index is -1.61. The predicted molar refractivity (Wildman–Crippen MR) is 156 cm³/mol. The van der Waals surface area contributed by atoms with Crippen LogP contribution in [0.1, 0.15) is 83.3 Å². The van der Waals surface area contributed by atoms with Crippen molar-refractivity contribution < 1.29 is 29.0 Å². The fraction of sp³-hybridized carbons (Fsp3) is 0.545. The van der Waals surface area contributed by atoms with Crippen molar-refractivity contribution >= 4 is 18.2 Å². The molecule has 41 heavy (non-hydrogen) atoms. The number of amides is 2. The van der Waals surface area contributed by atoms with Gasteiger partial charge in [0.05, 0.1) is 6.54 Å². The van der Waals surface area contributed by atoms with Gasteiger partial charge in [-0.3, -0.25) is 4.90 Å². The van der Waals surface area contributed by atoms with E-state index in [2.05, 4.69) is 31.2 Å². The number of likely N-dealkylation sites (tertiary alicyclic amines) is 1. The minimum absolute atomic E-state index is 0.103. The molecule has 2 aliphatic carbocycles. The Morgan fingerprint density at radius 2 is 1.54 bits per heavy atom. The Morgan fingerprint density at radius 1 is 0.951 bits per heavy atom. The van der Waals surface area contributed by atoms with Gasteiger partial charge < -0.3 is 19.5 Å². The first kappa shape index (κ1) is 29.0. The molecule has 0 aromatic heterocycles. The zero-order valence-corrected chi connectivity index (χ0v) is 24.7. The second kappa shape index (κ2) is 11.0. The van der Waals surface area contributed by atoms with Gasteiger partial charge in [-0.1, -0.05) is 68.3 Å². The Balaban J connectivity index is 1.43. The van der Waals surface area contributed by atoms with Crippen molar-refractivity contribution in [3.05, 3.63) is 59.7 Å². The Kier molecular flexibility index (Phi) is 7.79. The zero-order valence-electron chi connectivity index (χ0n) is 24.7. The number of hydrogen-bond acceptors (Lipinski definition) is 5. The molecule has 8 heteroatoms. The number of ether oxygens (including phenoxy) is 2. The summed E-state index contributed by atoms with van der Waals surface area (Å²) in [7, 11) is 0. The van der Waals surface area contributed by atoms with Gasteiger partial charge in [0.25, 0.3) is 0 Å². The quantitative estimate of drug-likeness (QED) is 0.422. The highest BCUT2D eigenvalue weighted by atomic mass is 16.6. The van der Waals surface area contributed by atoms with Gasteiger partial charge in [-0.15, -0.1) is 0 Å². The SMILES string of the molecule is CC1(CN(C(=O)OCC2c3ccccc3-c3ccccc32)C2(C(=O)O)CCCN(C(=O)OC(C)(C)C)C2)CCCC1. The van der Waals surface area contributed by atoms with Gasteiger partial charge in [0.2, 0.25) is 0 Å². The number of carboxylic acids is 1. The van der Waals surface area contributed by atoms with Gasteiger partial charge >= 0.3 is 18.2 Å². The summed E-state index contributed by atoms with van der Waals surface area (Å²) < 4.78 is 11.6. The molecule has 1 saturated carbocycles. The summed E-state index contributed by atoms with van der Waals surface area (Å²) in [6.07, 6.45) is 3.36. The third-order valence-corrected chi connectivity index (χ3v) is 8.94. The Bertz CT molecular complexity index is 1270. The highest BCUT2D eigenvalue weighted by Gasteiger charge is 2.53. The smallest absolute Gasteiger partial charge is 0.410 e. The first-order valence-electron chi connectivity index (χ1n) is 14.8. The van der Waals surface area contributed by atoms with Crippen LogP contribution in [0, 0.1) is 5.41 Å². The lowest BCUT2D eigenvalue weighted by Gasteiger charge is -2.48. The summed E-state index contributed by atoms with van der Waals surface area (Å²) in [6, 6.07) is 16.3. The average molecular weight is 563 g/mol. The van der Waals surface area contributed by atoms with E-state index in [0.717, 1.165) is 47.9 Å². The van der Waals surface area contributed by atoms with Crippen molar-refractivity contribution in [2.45, 2.75) is 83.3 Å². The molecule has 2 aromatic rings. The molecule has 2 amide bonds. The molecule has 1 atom stereocenters. The zero-order chi connectivity index (χ0) is 29.4. The molecule has 0 radical (unpaired) electrons. The van der Waals surface area contributed by atoms with Gasteiger partial charge in [-0.25, -0.2) is 14.4 Å². The number of carbonyl (C=O) groups is 3. The van der Waals surface area contributed by atoms with Crippen LogP contribution in [-0.4, -0.2) is 70.4 Å². The van der Waals surface area contributed by atoms with E-state index >= 15 is 0 Å². The maximum Gasteiger partial charge on any atom is 0.410 e. The summed E-state index contributed by atoms with van der Waals surface area (Å²) >= 11 is 0. The molecule has 220 valence electrons. The summed E-state index contributed by atoms with van der Waals surface area (Å²) in [4.78, 5) is 43.1. The van der Waals surface area contributed by atoms with Crippen LogP contribution < -0.4 is 0 Å². The molecule has 1 saturated heterocycles. The molecule has 3 aliphatic rings. The molecule has 5 rings (SSSR count). The fourth-order valence-electron chi connectivity index (χ4n) is 6.86. The Labute approximate surface area is 242 Å². The van der Waals surface area contributed by atoms with Crippen molar-refractivity contribution in [2.75, 3.05) is 26.2 Å². The minimum Gasteiger partial charge on any atom is -0.479 e. The van der Waals surface area contributed by atoms with Crippen molar-refractivity contribution in [3.63, 3.8) is 0 Å². The average Bonchev–Trinajstić information content (AvgIpc) is 3.51. The molecule has 8 nitrogen and oxygen atoms in total. The second-order valence-corrected chi connectivity index (χ2v) is 13.3. The van der Waals surface area contributed by atoms with Gasteiger partial charge in [0.1, 0.15) is 12.2 Å². The van der Waals surface area contributed by atoms with E-state index in [-0.39, 0.29) is 37.5 Å². The standard InChI is InChI=1S/C33H42N2O6/c1-31(2,3)41-29(38)34-19-11-18-33(22-34,28(36)37)35(21-32(4)16-9-10-17-32)30(39)40-20-27-25-14-7-5-12-23(25)24-13-6-8-15-26(24)27/h5-8,12-15,27H,9-11,16-22H2,1-4H3,(H,36,37). The van der Waals surface area contributed by atoms with Crippen LogP contribution in [0.5, 0.6) is 0 Å². The lowest BCUT2D eigenvalue weighted by Crippen LogP contribution is -2.67. The molecule has 1 aliphatic heterocycles. The highest BCUT2D eigenvalue weighted by Crippen LogP contribution is 2.45. The molecule has 0 bridgehead atoms. The molecular formula is C33H42N2O6. The number of aliphatic carboxylic acids is 1. The summed E-state index contributed by atoms with van der Waals surface area (Å²) in [6.45, 7) is 8.06. The first-order valence-corrected chi connectivity index (χ1v) is 14.8. The van der Waals surface area contributed by atoms with Crippen LogP contribution in [-0.2, 0) is 14.3 Å².